The molecule has 36 atom stereocenters. The third-order valence-electron chi connectivity index (χ3n) is 15.7. The Morgan fingerprint density at radius 1 is 0.346 bits per heavy atom. The van der Waals surface area contributed by atoms with Gasteiger partial charge in [0.15, 0.2) is 37.7 Å². The minimum Gasteiger partial charge on any atom is -0.394 e. The van der Waals surface area contributed by atoms with Crippen LogP contribution in [-0.2, 0) is 56.8 Å². The van der Waals surface area contributed by atoms with Crippen LogP contribution >= 0.6 is 0 Å². The summed E-state index contributed by atoms with van der Waals surface area (Å²) in [5.74, 6) is 0. The fourth-order valence-corrected chi connectivity index (χ4v) is 11.0. The van der Waals surface area contributed by atoms with E-state index in [-0.39, 0.29) is 0 Å². The molecule has 7 heterocycles. The number of epoxide rings is 1. The maximum Gasteiger partial charge on any atom is 0.187 e. The summed E-state index contributed by atoms with van der Waals surface area (Å²) in [5.41, 5.74) is -1.79. The van der Waals surface area contributed by atoms with Gasteiger partial charge >= 0.3 is 0 Å². The lowest BCUT2D eigenvalue weighted by atomic mass is 9.78. The summed E-state index contributed by atoms with van der Waals surface area (Å²) in [6.45, 7) is -4.16. The van der Waals surface area contributed by atoms with Crippen molar-refractivity contribution in [2.75, 3.05) is 39.6 Å². The quantitative estimate of drug-likeness (QED) is 0.0567. The second kappa shape index (κ2) is 25.4. The Morgan fingerprint density at radius 2 is 0.692 bits per heavy atom. The van der Waals surface area contributed by atoms with E-state index >= 15 is 0 Å². The maximum absolute atomic E-state index is 11.4. The molecule has 0 aromatic carbocycles. The standard InChI is InChI=1S/C43H73NO34/c1-8-14(44-15-18(53)24(59)36(43(7-50)35(15)78-43)77-42-27(62)19(54)16(51)9(2-45)69-42)17(52)26(61)38(67-8)73-32-11(4-47)70-40(28(63)21(32)56)75-34-13(6-49)72-41(30(65)23(34)58)76-33-12(5-48)71-39(29(64)22(33)57)74-31-10(3-46)68-37(66)25(60)20(31)55/h8-42,44-66H,2-7H2,1H3. The number of aliphatic hydroxyl groups excluding tert-OH is 22. The van der Waals surface area contributed by atoms with E-state index in [9.17, 15) is 112 Å². The molecule has 7 saturated heterocycles. The van der Waals surface area contributed by atoms with E-state index in [0.717, 1.165) is 0 Å². The van der Waals surface area contributed by atoms with Gasteiger partial charge in [-0.2, -0.15) is 0 Å². The van der Waals surface area contributed by atoms with E-state index in [4.69, 9.17) is 56.8 Å². The van der Waals surface area contributed by atoms with Crippen molar-refractivity contribution in [2.24, 2.45) is 0 Å². The summed E-state index contributed by atoms with van der Waals surface area (Å²) in [4.78, 5) is 0. The molecule has 78 heavy (non-hydrogen) atoms. The van der Waals surface area contributed by atoms with Crippen molar-refractivity contribution in [3.8, 4) is 0 Å². The van der Waals surface area contributed by atoms with Crippen LogP contribution in [0.3, 0.4) is 0 Å². The summed E-state index contributed by atoms with van der Waals surface area (Å²) in [5, 5.41) is 237. The Balaban J connectivity index is 0.860. The topological polar surface area (TPSA) is 571 Å². The minimum absolute atomic E-state index is 0.809. The molecule has 1 saturated carbocycles. The highest BCUT2D eigenvalue weighted by atomic mass is 16.8. The lowest BCUT2D eigenvalue weighted by Crippen LogP contribution is -2.71. The average Bonchev–Trinajstić information content (AvgIpc) is 4.21. The van der Waals surface area contributed by atoms with E-state index in [1.807, 2.05) is 0 Å². The minimum atomic E-state index is -2.17. The van der Waals surface area contributed by atoms with Crippen LogP contribution in [0, 0.1) is 0 Å². The van der Waals surface area contributed by atoms with Gasteiger partial charge in [0.1, 0.15) is 164 Å². The molecule has 0 bridgehead atoms. The fourth-order valence-electron chi connectivity index (χ4n) is 11.0. The molecule has 23 N–H and O–H groups in total. The molecule has 36 unspecified atom stereocenters. The van der Waals surface area contributed by atoms with Crippen LogP contribution in [0.4, 0.5) is 0 Å². The lowest BCUT2D eigenvalue weighted by molar-refractivity contribution is -0.391. The average molecular weight is 1150 g/mol. The highest BCUT2D eigenvalue weighted by Crippen LogP contribution is 2.50. The molecule has 35 heteroatoms. The van der Waals surface area contributed by atoms with Crippen LogP contribution in [0.5, 0.6) is 0 Å². The van der Waals surface area contributed by atoms with Crippen molar-refractivity contribution < 1.29 is 169 Å². The van der Waals surface area contributed by atoms with Gasteiger partial charge in [0.2, 0.25) is 0 Å². The van der Waals surface area contributed by atoms with Crippen LogP contribution in [0.15, 0.2) is 0 Å². The number of nitrogens with one attached hydrogen (secondary N) is 1. The van der Waals surface area contributed by atoms with Crippen molar-refractivity contribution in [3.63, 3.8) is 0 Å². The van der Waals surface area contributed by atoms with E-state index < -0.39 is 260 Å². The molecule has 8 rings (SSSR count). The van der Waals surface area contributed by atoms with Gasteiger partial charge in [0.25, 0.3) is 0 Å². The van der Waals surface area contributed by atoms with E-state index in [1.165, 1.54) is 6.92 Å². The van der Waals surface area contributed by atoms with Crippen LogP contribution < -0.4 is 5.32 Å². The number of hydrogen-bond donors (Lipinski definition) is 23. The third-order valence-corrected chi connectivity index (χ3v) is 15.7. The normalized spacial score (nSPS) is 55.8. The van der Waals surface area contributed by atoms with Gasteiger partial charge in [-0.3, -0.25) is 0 Å². The van der Waals surface area contributed by atoms with Crippen LogP contribution in [0.2, 0.25) is 0 Å². The summed E-state index contributed by atoms with van der Waals surface area (Å²) in [6.07, 6.45) is -60.4. The second-order valence-corrected chi connectivity index (χ2v) is 20.5. The van der Waals surface area contributed by atoms with Crippen molar-refractivity contribution >= 4 is 0 Å². The molecule has 1 aliphatic carbocycles. The lowest BCUT2D eigenvalue weighted by Gasteiger charge is -2.50. The zero-order valence-electron chi connectivity index (χ0n) is 41.2. The SMILES string of the molecule is CC1OC(OC2C(CO)OC(OC3C(CO)OC(OC4C(CO)OC(OC5C(CO)OC(O)C(O)C5O)C(O)C4O)C(O)C3O)C(O)C2O)C(O)C(O)C1NC1C(O)C(O)C(OC2OC(CO)C(O)C(O)C2O)C2(CO)OC12. The monoisotopic (exact) mass is 1150 g/mol. The van der Waals surface area contributed by atoms with E-state index in [0.29, 0.717) is 0 Å². The zero-order valence-corrected chi connectivity index (χ0v) is 41.2. The van der Waals surface area contributed by atoms with Gasteiger partial charge in [0.05, 0.1) is 57.8 Å². The molecular formula is C43H73NO34. The van der Waals surface area contributed by atoms with Crippen LogP contribution in [0.25, 0.3) is 0 Å². The Hall–Kier alpha value is -1.40. The Labute approximate surface area is 440 Å². The summed E-state index contributed by atoms with van der Waals surface area (Å²) < 4.78 is 67.3. The molecule has 454 valence electrons. The van der Waals surface area contributed by atoms with Crippen molar-refractivity contribution in [2.45, 2.75) is 227 Å². The summed E-state index contributed by atoms with van der Waals surface area (Å²) >= 11 is 0. The molecule has 7 aliphatic heterocycles. The van der Waals surface area contributed by atoms with Crippen LogP contribution in [0.1, 0.15) is 6.92 Å². The molecule has 0 aromatic heterocycles. The number of fused-ring (bicyclic) bond motifs is 1. The van der Waals surface area contributed by atoms with Gasteiger partial charge in [-0.05, 0) is 6.92 Å². The smallest absolute Gasteiger partial charge is 0.187 e. The maximum atomic E-state index is 11.4. The first-order valence-corrected chi connectivity index (χ1v) is 25.1. The van der Waals surface area contributed by atoms with Gasteiger partial charge < -0.3 is 175 Å². The molecule has 8 fully saturated rings. The molecule has 8 aliphatic rings. The predicted octanol–water partition coefficient (Wildman–Crippen LogP) is -15.9. The number of ether oxygens (including phenoxy) is 12. The van der Waals surface area contributed by atoms with Gasteiger partial charge in [-0.1, -0.05) is 0 Å². The number of hydrogen-bond acceptors (Lipinski definition) is 35. The first-order valence-electron chi connectivity index (χ1n) is 25.1. The van der Waals surface area contributed by atoms with Crippen LogP contribution in [-0.4, -0.2) is 372 Å². The first kappa shape index (κ1) is 62.6. The van der Waals surface area contributed by atoms with Crippen molar-refractivity contribution in [1.82, 2.24) is 5.32 Å². The zero-order chi connectivity index (χ0) is 57.1. The Morgan fingerprint density at radius 3 is 1.12 bits per heavy atom. The fraction of sp³-hybridized carbons (Fsp3) is 1.00. The van der Waals surface area contributed by atoms with E-state index in [2.05, 4.69) is 5.32 Å². The molecule has 0 spiro atoms. The first-order chi connectivity index (χ1) is 36.9. The van der Waals surface area contributed by atoms with Gasteiger partial charge in [0, 0.05) is 0 Å². The highest BCUT2D eigenvalue weighted by Gasteiger charge is 2.73. The summed E-state index contributed by atoms with van der Waals surface area (Å²) in [7, 11) is 0. The van der Waals surface area contributed by atoms with Crippen molar-refractivity contribution in [3.05, 3.63) is 0 Å². The second-order valence-electron chi connectivity index (χ2n) is 20.5. The summed E-state index contributed by atoms with van der Waals surface area (Å²) in [6, 6.07) is -2.67. The number of rotatable bonds is 18. The van der Waals surface area contributed by atoms with E-state index in [1.54, 1.807) is 0 Å². The largest absolute Gasteiger partial charge is 0.394 e. The van der Waals surface area contributed by atoms with Gasteiger partial charge in [-0.15, -0.1) is 0 Å². The number of aliphatic hydroxyl groups is 22. The van der Waals surface area contributed by atoms with Gasteiger partial charge in [-0.25, -0.2) is 0 Å². The predicted molar refractivity (Wildman–Crippen MR) is 235 cm³/mol. The third kappa shape index (κ3) is 11.6. The molecule has 0 aromatic rings. The molecule has 0 radical (unpaired) electrons. The Bertz CT molecular complexity index is 1900. The molecule has 35 nitrogen and oxygen atoms in total. The Kier molecular flexibility index (Phi) is 20.4. The molecule has 0 amide bonds. The molecular weight excluding hydrogens is 1070 g/mol. The highest BCUT2D eigenvalue weighted by molar-refractivity contribution is 5.23. The van der Waals surface area contributed by atoms with Crippen molar-refractivity contribution in [1.29, 1.82) is 0 Å².